The minimum absolute atomic E-state index is 0.0463. The van der Waals surface area contributed by atoms with Gasteiger partial charge < -0.3 is 10.2 Å². The lowest BCUT2D eigenvalue weighted by Crippen LogP contribution is -2.48. The smallest absolute Gasteiger partial charge is 0.318 e. The predicted molar refractivity (Wildman–Crippen MR) is 56.6 cm³/mol. The van der Waals surface area contributed by atoms with Crippen LogP contribution in [0.5, 0.6) is 0 Å². The highest BCUT2D eigenvalue weighted by Crippen LogP contribution is 2.18. The second kappa shape index (κ2) is 4.64. The molecule has 2 aliphatic rings. The van der Waals surface area contributed by atoms with Crippen molar-refractivity contribution < 1.29 is 9.59 Å². The number of piperidine rings is 1. The molecular weight excluding hydrogens is 192 g/mol. The molecule has 1 N–H and O–H groups in total. The molecule has 0 aromatic carbocycles. The molecule has 0 aromatic heterocycles. The van der Waals surface area contributed by atoms with Crippen LogP contribution in [0.15, 0.2) is 0 Å². The van der Waals surface area contributed by atoms with Crippen LogP contribution in [0.25, 0.3) is 0 Å². The van der Waals surface area contributed by atoms with Gasteiger partial charge in [-0.2, -0.15) is 0 Å². The first-order valence-corrected chi connectivity index (χ1v) is 5.83. The lowest BCUT2D eigenvalue weighted by Gasteiger charge is -2.27. The number of hydrogen-bond acceptors (Lipinski definition) is 2. The van der Waals surface area contributed by atoms with E-state index in [9.17, 15) is 9.59 Å². The minimum atomic E-state index is -0.0463. The normalized spacial score (nSPS) is 23.2. The zero-order valence-corrected chi connectivity index (χ0v) is 9.00. The monoisotopic (exact) mass is 210 g/mol. The Balaban J connectivity index is 1.81. The number of likely N-dealkylation sites (tertiary alicyclic amines) is 1. The van der Waals surface area contributed by atoms with Gasteiger partial charge in [0.25, 0.3) is 0 Å². The summed E-state index contributed by atoms with van der Waals surface area (Å²) < 4.78 is 0. The van der Waals surface area contributed by atoms with Crippen LogP contribution in [0.1, 0.15) is 38.5 Å². The van der Waals surface area contributed by atoms with Crippen LogP contribution in [0.3, 0.4) is 0 Å². The summed E-state index contributed by atoms with van der Waals surface area (Å²) in [7, 11) is 0. The first kappa shape index (κ1) is 10.5. The molecule has 1 heterocycles. The molecule has 4 heteroatoms. The fourth-order valence-corrected chi connectivity index (χ4v) is 2.35. The molecule has 1 saturated carbocycles. The summed E-state index contributed by atoms with van der Waals surface area (Å²) in [5, 5.41) is 3.00. The van der Waals surface area contributed by atoms with Gasteiger partial charge >= 0.3 is 6.03 Å². The van der Waals surface area contributed by atoms with Gasteiger partial charge in [-0.3, -0.25) is 4.79 Å². The molecule has 0 radical (unpaired) electrons. The maximum Gasteiger partial charge on any atom is 0.318 e. The van der Waals surface area contributed by atoms with E-state index in [0.717, 1.165) is 25.8 Å². The molecule has 0 unspecified atom stereocenters. The summed E-state index contributed by atoms with van der Waals surface area (Å²) in [5.41, 5.74) is 0. The highest BCUT2D eigenvalue weighted by molar-refractivity contribution is 5.86. The lowest BCUT2D eigenvalue weighted by molar-refractivity contribution is -0.121. The standard InChI is InChI=1S/C11H18N2O2/c14-10-6-3-7-13(8-10)11(15)12-9-4-1-2-5-9/h9H,1-8H2,(H,12,15). The van der Waals surface area contributed by atoms with E-state index in [1.165, 1.54) is 12.8 Å². The summed E-state index contributed by atoms with van der Waals surface area (Å²) in [6.07, 6.45) is 6.05. The van der Waals surface area contributed by atoms with E-state index in [0.29, 0.717) is 19.0 Å². The minimum Gasteiger partial charge on any atom is -0.335 e. The van der Waals surface area contributed by atoms with Gasteiger partial charge in [-0.1, -0.05) is 12.8 Å². The van der Waals surface area contributed by atoms with E-state index in [1.54, 1.807) is 4.90 Å². The molecule has 2 amide bonds. The molecule has 1 saturated heterocycles. The van der Waals surface area contributed by atoms with Crippen LogP contribution in [0, 0.1) is 0 Å². The molecule has 1 aliphatic heterocycles. The second-order valence-electron chi connectivity index (χ2n) is 4.49. The number of hydrogen-bond donors (Lipinski definition) is 1. The van der Waals surface area contributed by atoms with E-state index in [1.807, 2.05) is 0 Å². The molecular formula is C11H18N2O2. The number of rotatable bonds is 1. The Morgan fingerprint density at radius 1 is 1.27 bits per heavy atom. The molecule has 0 bridgehead atoms. The van der Waals surface area contributed by atoms with Crippen LogP contribution < -0.4 is 5.32 Å². The van der Waals surface area contributed by atoms with Gasteiger partial charge in [0.1, 0.15) is 0 Å². The van der Waals surface area contributed by atoms with Gasteiger partial charge in [0.15, 0.2) is 5.78 Å². The number of ketones is 1. The third kappa shape index (κ3) is 2.70. The summed E-state index contributed by atoms with van der Waals surface area (Å²) in [4.78, 5) is 24.6. The van der Waals surface area contributed by atoms with E-state index in [2.05, 4.69) is 5.32 Å². The second-order valence-corrected chi connectivity index (χ2v) is 4.49. The van der Waals surface area contributed by atoms with Crippen molar-refractivity contribution in [3.05, 3.63) is 0 Å². The number of urea groups is 1. The fourth-order valence-electron chi connectivity index (χ4n) is 2.35. The predicted octanol–water partition coefficient (Wildman–Crippen LogP) is 1.30. The van der Waals surface area contributed by atoms with Crippen LogP contribution in [-0.4, -0.2) is 35.8 Å². The van der Waals surface area contributed by atoms with Crippen molar-refractivity contribution >= 4 is 11.8 Å². The van der Waals surface area contributed by atoms with E-state index >= 15 is 0 Å². The molecule has 2 rings (SSSR count). The topological polar surface area (TPSA) is 49.4 Å². The zero-order valence-electron chi connectivity index (χ0n) is 9.00. The Bertz CT molecular complexity index is 259. The average Bonchev–Trinajstić information content (AvgIpc) is 2.70. The first-order valence-electron chi connectivity index (χ1n) is 5.83. The molecule has 15 heavy (non-hydrogen) atoms. The van der Waals surface area contributed by atoms with E-state index in [4.69, 9.17) is 0 Å². The molecule has 0 atom stereocenters. The Labute approximate surface area is 90.0 Å². The van der Waals surface area contributed by atoms with E-state index < -0.39 is 0 Å². The molecule has 2 fully saturated rings. The average molecular weight is 210 g/mol. The van der Waals surface area contributed by atoms with Crippen molar-refractivity contribution in [2.24, 2.45) is 0 Å². The third-order valence-electron chi connectivity index (χ3n) is 3.22. The summed E-state index contributed by atoms with van der Waals surface area (Å²) in [5.74, 6) is 0.183. The highest BCUT2D eigenvalue weighted by Gasteiger charge is 2.24. The molecule has 0 spiro atoms. The Morgan fingerprint density at radius 3 is 2.67 bits per heavy atom. The van der Waals surface area contributed by atoms with Crippen molar-refractivity contribution in [3.8, 4) is 0 Å². The molecule has 84 valence electrons. The maximum absolute atomic E-state index is 11.8. The van der Waals surface area contributed by atoms with Crippen molar-refractivity contribution in [1.29, 1.82) is 0 Å². The van der Waals surface area contributed by atoms with E-state index in [-0.39, 0.29) is 11.8 Å². The van der Waals surface area contributed by atoms with Gasteiger partial charge in [0, 0.05) is 19.0 Å². The number of Topliss-reactive ketones (excluding diaryl/α,β-unsaturated/α-hetero) is 1. The van der Waals surface area contributed by atoms with Gasteiger partial charge in [-0.25, -0.2) is 4.79 Å². The van der Waals surface area contributed by atoms with Crippen molar-refractivity contribution in [2.45, 2.75) is 44.6 Å². The molecule has 1 aliphatic carbocycles. The summed E-state index contributed by atoms with van der Waals surface area (Å²) >= 11 is 0. The molecule has 0 aromatic rings. The number of nitrogens with zero attached hydrogens (tertiary/aromatic N) is 1. The number of carbonyl (C=O) groups excluding carboxylic acids is 2. The quantitative estimate of drug-likeness (QED) is 0.709. The van der Waals surface area contributed by atoms with Crippen molar-refractivity contribution in [1.82, 2.24) is 10.2 Å². The van der Waals surface area contributed by atoms with Crippen LogP contribution >= 0.6 is 0 Å². The number of carbonyl (C=O) groups is 2. The largest absolute Gasteiger partial charge is 0.335 e. The number of amides is 2. The van der Waals surface area contributed by atoms with Crippen LogP contribution in [0.2, 0.25) is 0 Å². The molecule has 4 nitrogen and oxygen atoms in total. The van der Waals surface area contributed by atoms with Crippen molar-refractivity contribution in [3.63, 3.8) is 0 Å². The Morgan fingerprint density at radius 2 is 2.00 bits per heavy atom. The zero-order chi connectivity index (χ0) is 10.7. The Kier molecular flexibility index (Phi) is 3.23. The number of nitrogens with one attached hydrogen (secondary N) is 1. The van der Waals surface area contributed by atoms with Gasteiger partial charge in [-0.15, -0.1) is 0 Å². The van der Waals surface area contributed by atoms with Crippen LogP contribution in [0.4, 0.5) is 4.79 Å². The maximum atomic E-state index is 11.8. The van der Waals surface area contributed by atoms with Crippen molar-refractivity contribution in [2.75, 3.05) is 13.1 Å². The van der Waals surface area contributed by atoms with Crippen LogP contribution in [-0.2, 0) is 4.79 Å². The van der Waals surface area contributed by atoms with Gasteiger partial charge in [0.2, 0.25) is 0 Å². The SMILES string of the molecule is O=C1CCCN(C(=O)NC2CCCC2)C1. The fraction of sp³-hybridized carbons (Fsp3) is 0.818. The lowest BCUT2D eigenvalue weighted by atomic mass is 10.1. The first-order chi connectivity index (χ1) is 7.25. The summed E-state index contributed by atoms with van der Waals surface area (Å²) in [6, 6.07) is 0.296. The third-order valence-corrected chi connectivity index (χ3v) is 3.22. The highest BCUT2D eigenvalue weighted by atomic mass is 16.2. The van der Waals surface area contributed by atoms with Gasteiger partial charge in [-0.05, 0) is 19.3 Å². The van der Waals surface area contributed by atoms with Gasteiger partial charge in [0.05, 0.1) is 6.54 Å². The summed E-state index contributed by atoms with van der Waals surface area (Å²) in [6.45, 7) is 1.03. The Hall–Kier alpha value is -1.06.